The van der Waals surface area contributed by atoms with Crippen LogP contribution >= 0.6 is 0 Å². The van der Waals surface area contributed by atoms with Gasteiger partial charge in [0.1, 0.15) is 6.42 Å². The number of hydrogen-bond donors (Lipinski definition) is 0. The van der Waals surface area contributed by atoms with E-state index in [4.69, 9.17) is 9.26 Å². The van der Waals surface area contributed by atoms with Crippen molar-refractivity contribution in [3.05, 3.63) is 40.3 Å². The average Bonchev–Trinajstić information content (AvgIpc) is 2.87. The Morgan fingerprint density at radius 3 is 3.00 bits per heavy atom. The molecule has 0 spiro atoms. The van der Waals surface area contributed by atoms with Crippen LogP contribution in [0.2, 0.25) is 0 Å². The van der Waals surface area contributed by atoms with E-state index in [9.17, 15) is 14.9 Å². The fraction of sp³-hybridized carbons (Fsp3) is 0.250. The minimum absolute atomic E-state index is 0.0701. The molecule has 0 aliphatic carbocycles. The van der Waals surface area contributed by atoms with Gasteiger partial charge in [-0.3, -0.25) is 14.9 Å². The average molecular weight is 277 g/mol. The third-order valence-corrected chi connectivity index (χ3v) is 2.38. The van der Waals surface area contributed by atoms with Crippen LogP contribution in [0.15, 0.2) is 28.8 Å². The number of nitro groups is 1. The Labute approximate surface area is 113 Å². The third kappa shape index (κ3) is 3.16. The van der Waals surface area contributed by atoms with E-state index in [1.54, 1.807) is 13.0 Å². The highest BCUT2D eigenvalue weighted by Gasteiger charge is 2.15. The van der Waals surface area contributed by atoms with E-state index >= 15 is 0 Å². The highest BCUT2D eigenvalue weighted by molar-refractivity contribution is 5.71. The first-order chi connectivity index (χ1) is 9.60. The molecule has 8 nitrogen and oxygen atoms in total. The Bertz CT molecular complexity index is 638. The van der Waals surface area contributed by atoms with Crippen molar-refractivity contribution in [2.24, 2.45) is 0 Å². The van der Waals surface area contributed by atoms with Crippen LogP contribution in [0.1, 0.15) is 12.8 Å². The van der Waals surface area contributed by atoms with Gasteiger partial charge >= 0.3 is 5.97 Å². The van der Waals surface area contributed by atoms with Crippen molar-refractivity contribution in [1.82, 2.24) is 10.1 Å². The monoisotopic (exact) mass is 277 g/mol. The van der Waals surface area contributed by atoms with Crippen LogP contribution in [0, 0.1) is 10.1 Å². The zero-order chi connectivity index (χ0) is 14.5. The van der Waals surface area contributed by atoms with Crippen LogP contribution in [-0.2, 0) is 16.0 Å². The van der Waals surface area contributed by atoms with Crippen LogP contribution in [0.5, 0.6) is 0 Å². The van der Waals surface area contributed by atoms with Crippen molar-refractivity contribution >= 4 is 11.7 Å². The zero-order valence-corrected chi connectivity index (χ0v) is 10.6. The lowest BCUT2D eigenvalue weighted by Gasteiger charge is -1.96. The number of carbonyl (C=O) groups excluding carboxylic acids is 1. The molecule has 0 saturated heterocycles. The summed E-state index contributed by atoms with van der Waals surface area (Å²) in [7, 11) is 0. The minimum atomic E-state index is -0.511. The van der Waals surface area contributed by atoms with Gasteiger partial charge in [0.15, 0.2) is 0 Å². The summed E-state index contributed by atoms with van der Waals surface area (Å²) in [5.74, 6) is -0.181. The molecule has 0 N–H and O–H groups in total. The normalized spacial score (nSPS) is 10.2. The Morgan fingerprint density at radius 1 is 1.50 bits per heavy atom. The largest absolute Gasteiger partial charge is 0.466 e. The maximum atomic E-state index is 11.3. The predicted octanol–water partition coefficient (Wildman–Crippen LogP) is 1.75. The smallest absolute Gasteiger partial charge is 0.315 e. The second kappa shape index (κ2) is 5.91. The van der Waals surface area contributed by atoms with E-state index in [0.29, 0.717) is 5.56 Å². The molecule has 0 amide bonds. The van der Waals surface area contributed by atoms with Crippen molar-refractivity contribution in [1.29, 1.82) is 0 Å². The summed E-state index contributed by atoms with van der Waals surface area (Å²) in [5, 5.41) is 14.4. The quantitative estimate of drug-likeness (QED) is 0.465. The Morgan fingerprint density at radius 2 is 2.30 bits per heavy atom. The first-order valence-electron chi connectivity index (χ1n) is 5.83. The van der Waals surface area contributed by atoms with Crippen molar-refractivity contribution in [2.45, 2.75) is 13.3 Å². The van der Waals surface area contributed by atoms with E-state index in [1.807, 2.05) is 0 Å². The van der Waals surface area contributed by atoms with Crippen molar-refractivity contribution in [3.8, 4) is 11.4 Å². The number of nitrogens with zero attached hydrogens (tertiary/aromatic N) is 3. The van der Waals surface area contributed by atoms with Gasteiger partial charge in [-0.15, -0.1) is 0 Å². The summed E-state index contributed by atoms with van der Waals surface area (Å²) in [4.78, 5) is 25.4. The first kappa shape index (κ1) is 13.7. The molecule has 2 aromatic rings. The summed E-state index contributed by atoms with van der Waals surface area (Å²) in [6, 6.07) is 5.84. The van der Waals surface area contributed by atoms with Crippen LogP contribution < -0.4 is 0 Å². The molecule has 0 aliphatic heterocycles. The number of aromatic nitrogens is 2. The lowest BCUT2D eigenvalue weighted by Crippen LogP contribution is -2.07. The summed E-state index contributed by atoms with van der Waals surface area (Å²) in [5.41, 5.74) is 0.373. The standard InChI is InChI=1S/C12H11N3O5/c1-2-19-11(16)7-10-13-12(14-20-10)8-4-3-5-9(6-8)15(17)18/h3-6H,2,7H2,1H3. The Kier molecular flexibility index (Phi) is 4.04. The highest BCUT2D eigenvalue weighted by Crippen LogP contribution is 2.21. The number of ether oxygens (including phenoxy) is 1. The second-order valence-corrected chi connectivity index (χ2v) is 3.80. The molecule has 0 atom stereocenters. The molecule has 0 unspecified atom stereocenters. The van der Waals surface area contributed by atoms with E-state index in [2.05, 4.69) is 10.1 Å². The van der Waals surface area contributed by atoms with Gasteiger partial charge in [-0.2, -0.15) is 4.98 Å². The van der Waals surface area contributed by atoms with E-state index < -0.39 is 10.9 Å². The molecular formula is C12H11N3O5. The van der Waals surface area contributed by atoms with Gasteiger partial charge in [-0.25, -0.2) is 0 Å². The SMILES string of the molecule is CCOC(=O)Cc1nc(-c2cccc([N+](=O)[O-])c2)no1. The highest BCUT2D eigenvalue weighted by atomic mass is 16.6. The molecule has 1 heterocycles. The number of hydrogen-bond acceptors (Lipinski definition) is 7. The molecule has 104 valence electrons. The van der Waals surface area contributed by atoms with Gasteiger partial charge in [-0.1, -0.05) is 17.3 Å². The number of carbonyl (C=O) groups is 1. The molecule has 20 heavy (non-hydrogen) atoms. The second-order valence-electron chi connectivity index (χ2n) is 3.80. The van der Waals surface area contributed by atoms with Gasteiger partial charge in [0.25, 0.3) is 5.69 Å². The zero-order valence-electron chi connectivity index (χ0n) is 10.6. The molecule has 1 aromatic heterocycles. The van der Waals surface area contributed by atoms with Gasteiger partial charge in [0.2, 0.25) is 11.7 Å². The molecule has 1 aromatic carbocycles. The van der Waals surface area contributed by atoms with Crippen LogP contribution in [-0.4, -0.2) is 27.6 Å². The Balaban J connectivity index is 2.18. The summed E-state index contributed by atoms with van der Waals surface area (Å²) >= 11 is 0. The molecule has 8 heteroatoms. The first-order valence-corrected chi connectivity index (χ1v) is 5.83. The van der Waals surface area contributed by atoms with Crippen LogP contribution in [0.4, 0.5) is 5.69 Å². The van der Waals surface area contributed by atoms with Crippen molar-refractivity contribution in [2.75, 3.05) is 6.61 Å². The number of nitro benzene ring substituents is 1. The van der Waals surface area contributed by atoms with Gasteiger partial charge < -0.3 is 9.26 Å². The van der Waals surface area contributed by atoms with Crippen molar-refractivity contribution in [3.63, 3.8) is 0 Å². The topological polar surface area (TPSA) is 108 Å². The summed E-state index contributed by atoms with van der Waals surface area (Å²) in [6.45, 7) is 1.96. The maximum absolute atomic E-state index is 11.3. The molecular weight excluding hydrogens is 266 g/mol. The lowest BCUT2D eigenvalue weighted by molar-refractivity contribution is -0.384. The molecule has 0 fully saturated rings. The predicted molar refractivity (Wildman–Crippen MR) is 66.7 cm³/mol. The Hall–Kier alpha value is -2.77. The number of rotatable bonds is 5. The fourth-order valence-corrected chi connectivity index (χ4v) is 1.54. The third-order valence-electron chi connectivity index (χ3n) is 2.38. The van der Waals surface area contributed by atoms with E-state index in [-0.39, 0.29) is 30.4 Å². The lowest BCUT2D eigenvalue weighted by atomic mass is 10.2. The number of benzene rings is 1. The van der Waals surface area contributed by atoms with Gasteiger partial charge in [0.05, 0.1) is 11.5 Å². The van der Waals surface area contributed by atoms with Crippen molar-refractivity contribution < 1.29 is 19.0 Å². The number of non-ortho nitro benzene ring substituents is 1. The fourth-order valence-electron chi connectivity index (χ4n) is 1.54. The van der Waals surface area contributed by atoms with E-state index in [0.717, 1.165) is 0 Å². The van der Waals surface area contributed by atoms with Crippen LogP contribution in [0.3, 0.4) is 0 Å². The summed E-state index contributed by atoms with van der Waals surface area (Å²) in [6.07, 6.45) is -0.129. The minimum Gasteiger partial charge on any atom is -0.466 e. The number of esters is 1. The molecule has 0 saturated carbocycles. The van der Waals surface area contributed by atoms with Gasteiger partial charge in [-0.05, 0) is 6.92 Å². The molecule has 0 bridgehead atoms. The maximum Gasteiger partial charge on any atom is 0.315 e. The van der Waals surface area contributed by atoms with Gasteiger partial charge in [0, 0.05) is 17.7 Å². The summed E-state index contributed by atoms with van der Waals surface area (Å²) < 4.78 is 9.66. The molecule has 0 aliphatic rings. The molecule has 2 rings (SSSR count). The van der Waals surface area contributed by atoms with E-state index in [1.165, 1.54) is 18.2 Å². The van der Waals surface area contributed by atoms with Crippen LogP contribution in [0.25, 0.3) is 11.4 Å². The molecule has 0 radical (unpaired) electrons.